The summed E-state index contributed by atoms with van der Waals surface area (Å²) < 4.78 is 50.7. The first kappa shape index (κ1) is 28.1. The zero-order valence-corrected chi connectivity index (χ0v) is 19.8. The third-order valence-corrected chi connectivity index (χ3v) is 7.88. The molecule has 1 saturated heterocycles. The fourth-order valence-electron chi connectivity index (χ4n) is 2.68. The summed E-state index contributed by atoms with van der Waals surface area (Å²) in [5, 5.41) is 23.1. The average Bonchev–Trinajstić information content (AvgIpc) is 2.92. The van der Waals surface area contributed by atoms with Crippen LogP contribution in [0.2, 0.25) is 0 Å². The van der Waals surface area contributed by atoms with E-state index in [0.29, 0.717) is 17.2 Å². The SMILES string of the molecule is CNc1ncnc(C)c1/N=C\C[C@@H]1OC(COP(=O)(O)OP(=O)(O)OP(=O)(O)O)C(O)C1O. The fourth-order valence-corrected chi connectivity index (χ4v) is 5.71. The number of phosphoric ester groups is 1. The van der Waals surface area contributed by atoms with Gasteiger partial charge in [-0.2, -0.15) is 8.62 Å². The van der Waals surface area contributed by atoms with Gasteiger partial charge in [-0.3, -0.25) is 9.52 Å². The molecular weight excluding hydrogens is 513 g/mol. The Morgan fingerprint density at radius 3 is 2.33 bits per heavy atom. The summed E-state index contributed by atoms with van der Waals surface area (Å²) in [4.78, 5) is 47.8. The lowest BCUT2D eigenvalue weighted by Crippen LogP contribution is -2.34. The van der Waals surface area contributed by atoms with Gasteiger partial charge in [0, 0.05) is 19.7 Å². The van der Waals surface area contributed by atoms with Gasteiger partial charge in [-0.25, -0.2) is 23.7 Å². The molecule has 2 heterocycles. The highest BCUT2D eigenvalue weighted by molar-refractivity contribution is 7.66. The molecule has 188 valence electrons. The third-order valence-electron chi connectivity index (χ3n) is 4.08. The number of anilines is 1. The predicted octanol–water partition coefficient (Wildman–Crippen LogP) is -0.248. The van der Waals surface area contributed by atoms with Gasteiger partial charge in [0.25, 0.3) is 0 Å². The highest BCUT2D eigenvalue weighted by atomic mass is 31.3. The average molecular weight is 536 g/mol. The van der Waals surface area contributed by atoms with Gasteiger partial charge in [0.05, 0.1) is 18.4 Å². The van der Waals surface area contributed by atoms with Crippen LogP contribution in [0.3, 0.4) is 0 Å². The van der Waals surface area contributed by atoms with Gasteiger partial charge in [0.2, 0.25) is 0 Å². The molecule has 2 rings (SSSR count). The number of phosphoric acid groups is 3. The lowest BCUT2D eigenvalue weighted by Gasteiger charge is -2.19. The zero-order valence-electron chi connectivity index (χ0n) is 17.1. The van der Waals surface area contributed by atoms with Crippen LogP contribution in [-0.2, 0) is 31.6 Å². The number of ether oxygens (including phenoxy) is 1. The number of aliphatic hydroxyl groups is 2. The molecule has 0 aromatic carbocycles. The Bertz CT molecular complexity index is 1000. The van der Waals surface area contributed by atoms with Crippen molar-refractivity contribution >= 4 is 41.2 Å². The van der Waals surface area contributed by atoms with Gasteiger partial charge < -0.3 is 39.8 Å². The van der Waals surface area contributed by atoms with Crippen LogP contribution < -0.4 is 5.32 Å². The zero-order chi connectivity index (χ0) is 25.0. The minimum absolute atomic E-state index is 0.00146. The summed E-state index contributed by atoms with van der Waals surface area (Å²) >= 11 is 0. The quantitative estimate of drug-likeness (QED) is 0.142. The first-order valence-corrected chi connectivity index (χ1v) is 13.5. The molecule has 5 unspecified atom stereocenters. The molecule has 6 atom stereocenters. The molecule has 0 bridgehead atoms. The van der Waals surface area contributed by atoms with E-state index < -0.39 is 54.5 Å². The van der Waals surface area contributed by atoms with Crippen molar-refractivity contribution in [2.45, 2.75) is 37.8 Å². The molecule has 0 amide bonds. The molecule has 1 aliphatic heterocycles. The first-order valence-electron chi connectivity index (χ1n) is 8.96. The normalized spacial score (nSPS) is 27.4. The Balaban J connectivity index is 1.96. The van der Waals surface area contributed by atoms with E-state index in [1.165, 1.54) is 12.5 Å². The first-order chi connectivity index (χ1) is 15.1. The van der Waals surface area contributed by atoms with E-state index in [0.717, 1.165) is 0 Å². The molecule has 20 heteroatoms. The Morgan fingerprint density at radius 1 is 1.09 bits per heavy atom. The summed E-state index contributed by atoms with van der Waals surface area (Å²) in [5.74, 6) is 0.459. The number of rotatable bonds is 11. The molecule has 0 spiro atoms. The maximum Gasteiger partial charge on any atom is 0.490 e. The number of nitrogens with one attached hydrogen (secondary N) is 1. The van der Waals surface area contributed by atoms with Crippen molar-refractivity contribution in [2.75, 3.05) is 19.0 Å². The summed E-state index contributed by atoms with van der Waals surface area (Å²) in [6.45, 7) is 0.809. The van der Waals surface area contributed by atoms with Crippen molar-refractivity contribution in [2.24, 2.45) is 4.99 Å². The predicted molar refractivity (Wildman–Crippen MR) is 110 cm³/mol. The standard InChI is InChI=1S/C13H23N4O13P3/c1-7-10(13(14-2)17-6-16-7)15-4-3-8-11(18)12(19)9(28-8)5-27-32(23,24)30-33(25,26)29-31(20,21)22/h4,6,8-9,11-12,18-19H,3,5H2,1-2H3,(H,23,24)(H,25,26)(H,14,16,17)(H2,20,21,22)/b15-4-/t8-,9?,11?,12?/m0/s1. The number of aryl methyl sites for hydroxylation is 1. The Kier molecular flexibility index (Phi) is 9.41. The van der Waals surface area contributed by atoms with E-state index in [1.807, 2.05) is 0 Å². The van der Waals surface area contributed by atoms with Crippen LogP contribution in [0.4, 0.5) is 11.5 Å². The van der Waals surface area contributed by atoms with Crippen molar-refractivity contribution in [1.82, 2.24) is 9.97 Å². The van der Waals surface area contributed by atoms with Gasteiger partial charge in [-0.1, -0.05) is 0 Å². The van der Waals surface area contributed by atoms with Crippen LogP contribution in [-0.4, -0.2) is 84.0 Å². The highest BCUT2D eigenvalue weighted by Gasteiger charge is 2.45. The second-order valence-electron chi connectivity index (χ2n) is 6.53. The minimum atomic E-state index is -5.68. The van der Waals surface area contributed by atoms with E-state index >= 15 is 0 Å². The summed E-state index contributed by atoms with van der Waals surface area (Å²) in [6, 6.07) is 0. The minimum Gasteiger partial charge on any atom is -0.388 e. The smallest absolute Gasteiger partial charge is 0.388 e. The molecule has 1 aliphatic rings. The molecule has 1 aromatic rings. The van der Waals surface area contributed by atoms with E-state index in [4.69, 9.17) is 19.4 Å². The van der Waals surface area contributed by atoms with Gasteiger partial charge in [-0.15, -0.1) is 0 Å². The van der Waals surface area contributed by atoms with Gasteiger partial charge >= 0.3 is 23.5 Å². The number of hydrogen-bond acceptors (Lipinski definition) is 13. The maximum absolute atomic E-state index is 11.8. The van der Waals surface area contributed by atoms with Crippen molar-refractivity contribution in [3.63, 3.8) is 0 Å². The van der Waals surface area contributed by atoms with Crippen LogP contribution in [0.5, 0.6) is 0 Å². The number of nitrogens with zero attached hydrogens (tertiary/aromatic N) is 3. The fraction of sp³-hybridized carbons (Fsp3) is 0.615. The third kappa shape index (κ3) is 8.53. The molecule has 17 nitrogen and oxygen atoms in total. The number of aliphatic imine (C=N–C) groups is 1. The molecule has 0 radical (unpaired) electrons. The largest absolute Gasteiger partial charge is 0.490 e. The van der Waals surface area contributed by atoms with Gasteiger partial charge in [0.1, 0.15) is 30.3 Å². The Morgan fingerprint density at radius 2 is 1.73 bits per heavy atom. The van der Waals surface area contributed by atoms with Crippen LogP contribution in [0.1, 0.15) is 12.1 Å². The highest BCUT2D eigenvalue weighted by Crippen LogP contribution is 2.66. The molecule has 33 heavy (non-hydrogen) atoms. The second-order valence-corrected chi connectivity index (χ2v) is 11.0. The topological polar surface area (TPSA) is 260 Å². The molecule has 1 fully saturated rings. The maximum atomic E-state index is 11.8. The monoisotopic (exact) mass is 536 g/mol. The van der Waals surface area contributed by atoms with Gasteiger partial charge in [0.15, 0.2) is 5.82 Å². The lowest BCUT2D eigenvalue weighted by molar-refractivity contribution is -0.0192. The van der Waals surface area contributed by atoms with Crippen molar-refractivity contribution in [3.05, 3.63) is 12.0 Å². The molecule has 1 aromatic heterocycles. The lowest BCUT2D eigenvalue weighted by atomic mass is 10.1. The summed E-state index contributed by atoms with van der Waals surface area (Å²) in [5.41, 5.74) is 1.02. The van der Waals surface area contributed by atoms with Crippen molar-refractivity contribution < 1.29 is 61.4 Å². The number of hydrogen-bond donors (Lipinski definition) is 7. The second kappa shape index (κ2) is 11.1. The van der Waals surface area contributed by atoms with Crippen LogP contribution in [0, 0.1) is 6.92 Å². The Labute approximate surface area is 186 Å². The molecule has 0 saturated carbocycles. The van der Waals surface area contributed by atoms with E-state index in [2.05, 4.69) is 33.4 Å². The van der Waals surface area contributed by atoms with Crippen LogP contribution in [0.15, 0.2) is 11.3 Å². The molecular formula is C13H23N4O13P3. The van der Waals surface area contributed by atoms with E-state index in [1.54, 1.807) is 14.0 Å². The van der Waals surface area contributed by atoms with Gasteiger partial charge in [-0.05, 0) is 6.92 Å². The summed E-state index contributed by atoms with van der Waals surface area (Å²) in [7, 11) is -15.0. The van der Waals surface area contributed by atoms with Crippen LogP contribution >= 0.6 is 23.5 Å². The number of aromatic nitrogens is 2. The van der Waals surface area contributed by atoms with Crippen LogP contribution in [0.25, 0.3) is 0 Å². The van der Waals surface area contributed by atoms with E-state index in [-0.39, 0.29) is 6.42 Å². The van der Waals surface area contributed by atoms with Crippen molar-refractivity contribution in [1.29, 1.82) is 0 Å². The van der Waals surface area contributed by atoms with Crippen molar-refractivity contribution in [3.8, 4) is 0 Å². The summed E-state index contributed by atoms with van der Waals surface area (Å²) in [6.07, 6.45) is -2.64. The Hall–Kier alpha value is -1.16. The molecule has 0 aliphatic carbocycles. The number of aliphatic hydroxyl groups excluding tert-OH is 2. The van der Waals surface area contributed by atoms with E-state index in [9.17, 15) is 28.8 Å². The molecule has 7 N–H and O–H groups in total.